The predicted molar refractivity (Wildman–Crippen MR) is 97.1 cm³/mol. The summed E-state index contributed by atoms with van der Waals surface area (Å²) < 4.78 is 45.7. The lowest BCUT2D eigenvalue weighted by Crippen LogP contribution is -2.05. The van der Waals surface area contributed by atoms with E-state index in [1.165, 1.54) is 12.3 Å². The molecule has 5 nitrogen and oxygen atoms in total. The van der Waals surface area contributed by atoms with Crippen molar-refractivity contribution < 1.29 is 17.9 Å². The van der Waals surface area contributed by atoms with Crippen LogP contribution >= 0.6 is 0 Å². The van der Waals surface area contributed by atoms with Crippen molar-refractivity contribution in [3.63, 3.8) is 0 Å². The van der Waals surface area contributed by atoms with Crippen molar-refractivity contribution in [3.8, 4) is 5.75 Å². The first-order valence-corrected chi connectivity index (χ1v) is 8.19. The first-order valence-electron chi connectivity index (χ1n) is 8.19. The van der Waals surface area contributed by atoms with E-state index in [-0.39, 0.29) is 23.6 Å². The van der Waals surface area contributed by atoms with Gasteiger partial charge >= 0.3 is 0 Å². The topological polar surface area (TPSA) is 59.1 Å². The molecule has 0 saturated heterocycles. The van der Waals surface area contributed by atoms with Crippen LogP contribution in [0.4, 0.5) is 36.3 Å². The van der Waals surface area contributed by atoms with Gasteiger partial charge in [-0.3, -0.25) is 0 Å². The molecule has 8 heteroatoms. The summed E-state index contributed by atoms with van der Waals surface area (Å²) in [5.41, 5.74) is 0.496. The highest BCUT2D eigenvalue weighted by Crippen LogP contribution is 2.24. The van der Waals surface area contributed by atoms with Crippen LogP contribution in [0.3, 0.4) is 0 Å². The van der Waals surface area contributed by atoms with Gasteiger partial charge in [-0.1, -0.05) is 0 Å². The maximum Gasteiger partial charge on any atom is 0.229 e. The zero-order valence-electron chi connectivity index (χ0n) is 14.6. The lowest BCUT2D eigenvalue weighted by atomic mass is 10.3. The summed E-state index contributed by atoms with van der Waals surface area (Å²) in [7, 11) is 0. The number of halogens is 3. The molecule has 0 unspecified atom stereocenters. The molecule has 0 spiro atoms. The van der Waals surface area contributed by atoms with E-state index in [1.54, 1.807) is 24.3 Å². The number of aromatic nitrogens is 2. The maximum atomic E-state index is 13.8. The van der Waals surface area contributed by atoms with E-state index in [0.29, 0.717) is 0 Å². The Morgan fingerprint density at radius 2 is 1.63 bits per heavy atom. The first kappa shape index (κ1) is 18.5. The van der Waals surface area contributed by atoms with Crippen LogP contribution in [0.1, 0.15) is 13.8 Å². The minimum absolute atomic E-state index is 0.0755. The van der Waals surface area contributed by atoms with Gasteiger partial charge in [0.15, 0.2) is 17.5 Å². The highest BCUT2D eigenvalue weighted by Gasteiger charge is 2.14. The van der Waals surface area contributed by atoms with E-state index >= 15 is 0 Å². The van der Waals surface area contributed by atoms with Crippen molar-refractivity contribution in [3.05, 3.63) is 66.1 Å². The van der Waals surface area contributed by atoms with Crippen LogP contribution in [-0.4, -0.2) is 16.1 Å². The van der Waals surface area contributed by atoms with Crippen molar-refractivity contribution in [2.24, 2.45) is 0 Å². The standard InChI is InChI=1S/C19H17F3N4O/c1-11(2)27-13-5-3-12(4-6-13)24-19-23-10-9-16(26-19)25-15-8-7-14(20)17(21)18(15)22/h3-11H,1-2H3,(H2,23,24,25,26). The molecule has 27 heavy (non-hydrogen) atoms. The lowest BCUT2D eigenvalue weighted by Gasteiger charge is -2.11. The second kappa shape index (κ2) is 7.94. The van der Waals surface area contributed by atoms with Gasteiger partial charge in [-0.15, -0.1) is 0 Å². The predicted octanol–water partition coefficient (Wildman–Crippen LogP) is 5.17. The smallest absolute Gasteiger partial charge is 0.229 e. The van der Waals surface area contributed by atoms with E-state index < -0.39 is 17.5 Å². The van der Waals surface area contributed by atoms with Gasteiger partial charge in [0.25, 0.3) is 0 Å². The molecule has 0 amide bonds. The fourth-order valence-electron chi connectivity index (χ4n) is 2.27. The van der Waals surface area contributed by atoms with E-state index in [0.717, 1.165) is 23.6 Å². The van der Waals surface area contributed by atoms with Crippen molar-refractivity contribution in [1.29, 1.82) is 0 Å². The zero-order valence-corrected chi connectivity index (χ0v) is 14.6. The maximum absolute atomic E-state index is 13.8. The van der Waals surface area contributed by atoms with Gasteiger partial charge < -0.3 is 15.4 Å². The number of nitrogens with zero attached hydrogens (tertiary/aromatic N) is 2. The Balaban J connectivity index is 1.73. The Morgan fingerprint density at radius 3 is 2.33 bits per heavy atom. The van der Waals surface area contributed by atoms with Crippen LogP contribution in [-0.2, 0) is 0 Å². The SMILES string of the molecule is CC(C)Oc1ccc(Nc2nccc(Nc3ccc(F)c(F)c3F)n2)cc1. The van der Waals surface area contributed by atoms with Crippen LogP contribution in [0.5, 0.6) is 5.75 Å². The molecule has 0 aliphatic rings. The van der Waals surface area contributed by atoms with Gasteiger partial charge in [-0.2, -0.15) is 4.98 Å². The molecule has 3 rings (SSSR count). The second-order valence-electron chi connectivity index (χ2n) is 5.93. The van der Waals surface area contributed by atoms with Gasteiger partial charge in [-0.05, 0) is 56.3 Å². The third-order valence-corrected chi connectivity index (χ3v) is 3.44. The number of anilines is 4. The molecule has 1 aromatic heterocycles. The molecule has 0 radical (unpaired) electrons. The van der Waals surface area contributed by atoms with Gasteiger partial charge in [0, 0.05) is 11.9 Å². The normalized spacial score (nSPS) is 10.7. The van der Waals surface area contributed by atoms with Gasteiger partial charge in [0.2, 0.25) is 5.95 Å². The molecule has 0 atom stereocenters. The Labute approximate surface area is 154 Å². The highest BCUT2D eigenvalue weighted by molar-refractivity contribution is 5.60. The van der Waals surface area contributed by atoms with Crippen LogP contribution in [0.2, 0.25) is 0 Å². The van der Waals surface area contributed by atoms with Gasteiger partial charge in [0.1, 0.15) is 11.6 Å². The average molecular weight is 374 g/mol. The molecule has 0 fully saturated rings. The second-order valence-corrected chi connectivity index (χ2v) is 5.93. The third kappa shape index (κ3) is 4.66. The van der Waals surface area contributed by atoms with E-state index in [4.69, 9.17) is 4.74 Å². The first-order chi connectivity index (χ1) is 12.9. The average Bonchev–Trinajstić information content (AvgIpc) is 2.64. The van der Waals surface area contributed by atoms with Gasteiger partial charge in [-0.25, -0.2) is 18.2 Å². The largest absolute Gasteiger partial charge is 0.491 e. The van der Waals surface area contributed by atoms with Crippen LogP contribution in [0.25, 0.3) is 0 Å². The fourth-order valence-corrected chi connectivity index (χ4v) is 2.27. The molecule has 1 heterocycles. The fraction of sp³-hybridized carbons (Fsp3) is 0.158. The summed E-state index contributed by atoms with van der Waals surface area (Å²) in [4.78, 5) is 8.26. The Kier molecular flexibility index (Phi) is 5.44. The molecular formula is C19H17F3N4O. The van der Waals surface area contributed by atoms with E-state index in [9.17, 15) is 13.2 Å². The summed E-state index contributed by atoms with van der Waals surface area (Å²) in [5.74, 6) is -2.91. The molecule has 0 aliphatic heterocycles. The molecule has 0 aliphatic carbocycles. The minimum Gasteiger partial charge on any atom is -0.491 e. The molecule has 140 valence electrons. The Hall–Kier alpha value is -3.29. The van der Waals surface area contributed by atoms with E-state index in [1.807, 2.05) is 13.8 Å². The summed E-state index contributed by atoms with van der Waals surface area (Å²) in [6.07, 6.45) is 1.53. The van der Waals surface area contributed by atoms with Gasteiger partial charge in [0.05, 0.1) is 11.8 Å². The monoisotopic (exact) mass is 374 g/mol. The minimum atomic E-state index is -1.55. The number of hydrogen-bond acceptors (Lipinski definition) is 5. The third-order valence-electron chi connectivity index (χ3n) is 3.44. The molecule has 2 aromatic carbocycles. The number of benzene rings is 2. The van der Waals surface area contributed by atoms with Crippen molar-refractivity contribution >= 4 is 23.1 Å². The molecular weight excluding hydrogens is 357 g/mol. The number of rotatable bonds is 6. The summed E-state index contributed by atoms with van der Waals surface area (Å²) in [6, 6.07) is 10.6. The number of nitrogens with one attached hydrogen (secondary N) is 2. The summed E-state index contributed by atoms with van der Waals surface area (Å²) >= 11 is 0. The zero-order chi connectivity index (χ0) is 19.4. The Bertz CT molecular complexity index is 933. The van der Waals surface area contributed by atoms with Crippen LogP contribution in [0, 0.1) is 17.5 Å². The Morgan fingerprint density at radius 1 is 0.889 bits per heavy atom. The highest BCUT2D eigenvalue weighted by atomic mass is 19.2. The summed E-state index contributed by atoms with van der Waals surface area (Å²) in [6.45, 7) is 3.88. The van der Waals surface area contributed by atoms with Crippen molar-refractivity contribution in [2.45, 2.75) is 20.0 Å². The van der Waals surface area contributed by atoms with Crippen LogP contribution < -0.4 is 15.4 Å². The molecule has 0 saturated carbocycles. The number of hydrogen-bond donors (Lipinski definition) is 2. The summed E-state index contributed by atoms with van der Waals surface area (Å²) in [5, 5.41) is 5.60. The number of ether oxygens (including phenoxy) is 1. The quantitative estimate of drug-likeness (QED) is 0.583. The lowest BCUT2D eigenvalue weighted by molar-refractivity contribution is 0.242. The van der Waals surface area contributed by atoms with Crippen molar-refractivity contribution in [1.82, 2.24) is 9.97 Å². The molecule has 3 aromatic rings. The van der Waals surface area contributed by atoms with Crippen molar-refractivity contribution in [2.75, 3.05) is 10.6 Å². The van der Waals surface area contributed by atoms with Crippen LogP contribution in [0.15, 0.2) is 48.7 Å². The van der Waals surface area contributed by atoms with E-state index in [2.05, 4.69) is 20.6 Å². The molecule has 0 bridgehead atoms. The molecule has 2 N–H and O–H groups in total.